The number of aromatic nitrogens is 2. The van der Waals surface area contributed by atoms with Crippen LogP contribution in [0, 0.1) is 29.6 Å². The summed E-state index contributed by atoms with van der Waals surface area (Å²) >= 11 is 13.0. The van der Waals surface area contributed by atoms with Gasteiger partial charge in [-0.25, -0.2) is 4.68 Å². The lowest BCUT2D eigenvalue weighted by atomic mass is 9.73. The van der Waals surface area contributed by atoms with Gasteiger partial charge in [0.05, 0.1) is 33.1 Å². The molecule has 5 rings (SSSR count). The summed E-state index contributed by atoms with van der Waals surface area (Å²) in [6.45, 7) is 10.2. The lowest BCUT2D eigenvalue weighted by molar-refractivity contribution is -0.114. The maximum Gasteiger partial charge on any atom is 0.221 e. The van der Waals surface area contributed by atoms with Crippen molar-refractivity contribution in [3.8, 4) is 17.8 Å². The van der Waals surface area contributed by atoms with Gasteiger partial charge in [-0.3, -0.25) is 4.79 Å². The molecule has 42 heavy (non-hydrogen) atoms. The molecule has 0 radical (unpaired) electrons. The van der Waals surface area contributed by atoms with Gasteiger partial charge < -0.3 is 10.2 Å². The number of nitrogens with zero attached hydrogens (tertiary/aromatic N) is 7. The van der Waals surface area contributed by atoms with E-state index in [1.165, 1.54) is 29.3 Å². The van der Waals surface area contributed by atoms with Crippen LogP contribution >= 0.6 is 23.2 Å². The fraction of sp³-hybridized carbons (Fsp3) is 0.226. The molecule has 0 bridgehead atoms. The van der Waals surface area contributed by atoms with E-state index in [0.717, 1.165) is 23.5 Å². The Hall–Kier alpha value is -4.70. The van der Waals surface area contributed by atoms with Crippen molar-refractivity contribution in [3.63, 3.8) is 0 Å². The van der Waals surface area contributed by atoms with E-state index < -0.39 is 0 Å². The first-order valence-electron chi connectivity index (χ1n) is 13.2. The molecular formula is C31H26Cl2N8O. The highest BCUT2D eigenvalue weighted by atomic mass is 35.5. The number of benzene rings is 3. The molecule has 0 saturated heterocycles. The summed E-state index contributed by atoms with van der Waals surface area (Å²) < 4.78 is 1.35. The third-order valence-electron chi connectivity index (χ3n) is 7.33. The molecule has 0 unspecified atom stereocenters. The van der Waals surface area contributed by atoms with Crippen LogP contribution in [0.3, 0.4) is 0 Å². The first-order valence-corrected chi connectivity index (χ1v) is 13.9. The van der Waals surface area contributed by atoms with Gasteiger partial charge >= 0.3 is 0 Å². The first-order chi connectivity index (χ1) is 20.0. The van der Waals surface area contributed by atoms with Gasteiger partial charge in [-0.2, -0.15) is 15.6 Å². The summed E-state index contributed by atoms with van der Waals surface area (Å²) in [5.41, 5.74) is 5.85. The number of carbonyl (C=O) groups is 1. The second-order valence-electron chi connectivity index (χ2n) is 10.4. The zero-order chi connectivity index (χ0) is 30.3. The Labute approximate surface area is 253 Å². The number of nitrogens with one attached hydrogen (secondary N) is 1. The molecule has 0 fully saturated rings. The van der Waals surface area contributed by atoms with Crippen LogP contribution in [0.4, 0.5) is 28.6 Å². The number of hydrogen-bond acceptors (Lipinski definition) is 7. The quantitative estimate of drug-likeness (QED) is 0.232. The summed E-state index contributed by atoms with van der Waals surface area (Å²) in [5, 5.41) is 35.9. The Morgan fingerprint density at radius 2 is 1.71 bits per heavy atom. The number of rotatable bonds is 5. The number of aryl methyl sites for hydroxylation is 1. The molecule has 0 saturated carbocycles. The molecule has 0 atom stereocenters. The van der Waals surface area contributed by atoms with E-state index in [1.807, 2.05) is 30.3 Å². The summed E-state index contributed by atoms with van der Waals surface area (Å²) in [6.07, 6.45) is 0. The number of para-hydroxylation sites is 1. The molecule has 210 valence electrons. The Bertz CT molecular complexity index is 1850. The molecule has 0 spiro atoms. The molecular weight excluding hydrogens is 571 g/mol. The number of fused-ring (bicyclic) bond motifs is 2. The summed E-state index contributed by atoms with van der Waals surface area (Å²) in [4.78, 5) is 14.5. The zero-order valence-electron chi connectivity index (χ0n) is 23.6. The van der Waals surface area contributed by atoms with Gasteiger partial charge in [-0.1, -0.05) is 55.2 Å². The molecule has 11 heteroatoms. The Kier molecular flexibility index (Phi) is 7.51. The van der Waals surface area contributed by atoms with E-state index in [4.69, 9.17) is 23.2 Å². The van der Waals surface area contributed by atoms with Crippen LogP contribution in [0.25, 0.3) is 5.69 Å². The minimum atomic E-state index is -0.379. The van der Waals surface area contributed by atoms with Crippen LogP contribution in [0.15, 0.2) is 58.8 Å². The van der Waals surface area contributed by atoms with Gasteiger partial charge in [0.2, 0.25) is 5.91 Å². The minimum absolute atomic E-state index is 0.106. The van der Waals surface area contributed by atoms with Crippen molar-refractivity contribution in [2.75, 3.05) is 16.8 Å². The van der Waals surface area contributed by atoms with E-state index >= 15 is 0 Å². The number of hydrogen-bond donors (Lipinski definition) is 1. The van der Waals surface area contributed by atoms with E-state index in [0.29, 0.717) is 17.1 Å². The van der Waals surface area contributed by atoms with Crippen LogP contribution in [0.5, 0.6) is 0 Å². The van der Waals surface area contributed by atoms with Crippen molar-refractivity contribution < 1.29 is 4.79 Å². The Balaban J connectivity index is 1.72. The van der Waals surface area contributed by atoms with E-state index in [9.17, 15) is 15.3 Å². The van der Waals surface area contributed by atoms with E-state index in [2.05, 4.69) is 64.5 Å². The predicted molar refractivity (Wildman–Crippen MR) is 164 cm³/mol. The van der Waals surface area contributed by atoms with Gasteiger partial charge in [0.25, 0.3) is 0 Å². The molecule has 1 amide bonds. The predicted octanol–water partition coefficient (Wildman–Crippen LogP) is 8.40. The lowest BCUT2D eigenvalue weighted by Gasteiger charge is -2.42. The number of nitriles is 2. The van der Waals surface area contributed by atoms with Gasteiger partial charge in [0.1, 0.15) is 23.0 Å². The normalized spacial score (nSPS) is 13.3. The van der Waals surface area contributed by atoms with Crippen LogP contribution in [-0.4, -0.2) is 22.2 Å². The van der Waals surface area contributed by atoms with Crippen LogP contribution in [0.2, 0.25) is 10.0 Å². The highest BCUT2D eigenvalue weighted by Gasteiger charge is 2.36. The first kappa shape index (κ1) is 28.8. The van der Waals surface area contributed by atoms with Gasteiger partial charge in [-0.15, -0.1) is 10.2 Å². The van der Waals surface area contributed by atoms with E-state index in [-0.39, 0.29) is 44.0 Å². The average molecular weight is 598 g/mol. The van der Waals surface area contributed by atoms with Gasteiger partial charge in [0, 0.05) is 30.3 Å². The molecule has 4 aromatic rings. The second kappa shape index (κ2) is 10.9. The summed E-state index contributed by atoms with van der Waals surface area (Å²) in [6, 6.07) is 19.2. The zero-order valence-corrected chi connectivity index (χ0v) is 25.1. The minimum Gasteiger partial charge on any atom is -0.341 e. The fourth-order valence-electron chi connectivity index (χ4n) is 5.35. The molecule has 3 aromatic carbocycles. The third-order valence-corrected chi connectivity index (χ3v) is 7.91. The van der Waals surface area contributed by atoms with E-state index in [1.54, 1.807) is 6.92 Å². The maximum absolute atomic E-state index is 12.2. The number of anilines is 3. The van der Waals surface area contributed by atoms with Crippen molar-refractivity contribution in [2.45, 2.75) is 40.0 Å². The Morgan fingerprint density at radius 3 is 2.33 bits per heavy atom. The number of halogens is 2. The van der Waals surface area contributed by atoms with Crippen molar-refractivity contribution in [3.05, 3.63) is 86.5 Å². The standard InChI is InChI=1S/C31H26Cl2N8O/c1-6-40-27-10-8-7-9-21(27)31(4,5)22-13-26(25(14-28(22)40)36-18(3)42)37-38-30-20(16-35)17(2)39-41(30)29-23(32)11-19(15-34)12-24(29)33/h7-14H,6H2,1-5H3,(H,36,42). The van der Waals surface area contributed by atoms with Crippen LogP contribution in [0.1, 0.15) is 55.6 Å². The molecule has 0 aliphatic carbocycles. The highest BCUT2D eigenvalue weighted by Crippen LogP contribution is 2.51. The third kappa shape index (κ3) is 4.77. The monoisotopic (exact) mass is 596 g/mol. The van der Waals surface area contributed by atoms with Crippen molar-refractivity contribution in [1.29, 1.82) is 10.5 Å². The summed E-state index contributed by atoms with van der Waals surface area (Å²) in [7, 11) is 0. The van der Waals surface area contributed by atoms with Crippen LogP contribution < -0.4 is 10.2 Å². The van der Waals surface area contributed by atoms with Gasteiger partial charge in [0.15, 0.2) is 5.82 Å². The smallest absolute Gasteiger partial charge is 0.221 e. The molecule has 9 nitrogen and oxygen atoms in total. The molecule has 1 aliphatic rings. The van der Waals surface area contributed by atoms with Crippen molar-refractivity contribution in [1.82, 2.24) is 9.78 Å². The van der Waals surface area contributed by atoms with Gasteiger partial charge in [-0.05, 0) is 55.3 Å². The fourth-order valence-corrected chi connectivity index (χ4v) is 6.00. The molecule has 1 N–H and O–H groups in total. The maximum atomic E-state index is 12.2. The SMILES string of the molecule is CCN1c2ccccc2C(C)(C)c2cc(N=Nc3c(C#N)c(C)nn3-c3c(Cl)cc(C#N)cc3Cl)c(NC(C)=O)cc21. The lowest BCUT2D eigenvalue weighted by Crippen LogP contribution is -2.33. The number of azo groups is 1. The van der Waals surface area contributed by atoms with Crippen molar-refractivity contribution in [2.24, 2.45) is 10.2 Å². The largest absolute Gasteiger partial charge is 0.341 e. The molecule has 1 aromatic heterocycles. The summed E-state index contributed by atoms with van der Waals surface area (Å²) in [5.74, 6) is -0.158. The number of carbonyl (C=O) groups excluding carboxylic acids is 1. The highest BCUT2D eigenvalue weighted by molar-refractivity contribution is 6.38. The molecule has 1 aliphatic heterocycles. The van der Waals surface area contributed by atoms with Crippen LogP contribution in [-0.2, 0) is 10.2 Å². The average Bonchev–Trinajstić information content (AvgIpc) is 3.26. The second-order valence-corrected chi connectivity index (χ2v) is 11.2. The van der Waals surface area contributed by atoms with Crippen molar-refractivity contribution >= 4 is 57.7 Å². The molecule has 2 heterocycles. The Morgan fingerprint density at radius 1 is 1.02 bits per heavy atom. The number of amides is 1. The topological polar surface area (TPSA) is 122 Å².